The molecule has 0 aliphatic carbocycles. The van der Waals surface area contributed by atoms with Crippen molar-refractivity contribution in [2.45, 2.75) is 49.7 Å². The number of carboxylic acid groups (broad SMARTS) is 1. The fourth-order valence-electron chi connectivity index (χ4n) is 4.89. The summed E-state index contributed by atoms with van der Waals surface area (Å²) in [6.45, 7) is 7.54. The maximum Gasteiger partial charge on any atom is 0.337 e. The Kier molecular flexibility index (Phi) is 8.01. The summed E-state index contributed by atoms with van der Waals surface area (Å²) < 4.78 is 6.14. The second-order valence-electron chi connectivity index (χ2n) is 11.2. The number of ether oxygens (including phenoxy) is 1. The lowest BCUT2D eigenvalue weighted by molar-refractivity contribution is -0.160. The van der Waals surface area contributed by atoms with Gasteiger partial charge in [-0.25, -0.2) is 14.8 Å². The number of carboxylic acids is 1. The smallest absolute Gasteiger partial charge is 0.337 e. The monoisotopic (exact) mass is 588 g/mol. The number of thioether (sulfide) groups is 1. The minimum atomic E-state index is -1.14. The van der Waals surface area contributed by atoms with Gasteiger partial charge in [-0.05, 0) is 74.2 Å². The summed E-state index contributed by atoms with van der Waals surface area (Å²) in [7, 11) is 3.82. The van der Waals surface area contributed by atoms with E-state index >= 15 is 0 Å². The van der Waals surface area contributed by atoms with E-state index in [1.54, 1.807) is 11.8 Å². The molecular weight excluding hydrogens is 556 g/mol. The molecule has 0 bridgehead atoms. The Labute approximate surface area is 249 Å². The van der Waals surface area contributed by atoms with Gasteiger partial charge in [0.15, 0.2) is 6.10 Å². The van der Waals surface area contributed by atoms with Crippen molar-refractivity contribution >= 4 is 41.0 Å². The van der Waals surface area contributed by atoms with E-state index in [0.717, 1.165) is 44.0 Å². The van der Waals surface area contributed by atoms with Crippen molar-refractivity contribution in [1.82, 2.24) is 9.97 Å². The molecule has 1 unspecified atom stereocenters. The molecule has 9 heteroatoms. The summed E-state index contributed by atoms with van der Waals surface area (Å²) >= 11 is 7.90. The molecule has 0 fully saturated rings. The predicted octanol–water partition coefficient (Wildman–Crippen LogP) is 8.00. The number of aromatic nitrogens is 2. The third-order valence-electron chi connectivity index (χ3n) is 6.70. The van der Waals surface area contributed by atoms with Crippen LogP contribution >= 0.6 is 23.4 Å². The molecule has 2 N–H and O–H groups in total. The third kappa shape index (κ3) is 6.20. The van der Waals surface area contributed by atoms with Crippen LogP contribution in [-0.2, 0) is 9.53 Å². The number of nitrogens with one attached hydrogen (secondary N) is 1. The summed E-state index contributed by atoms with van der Waals surface area (Å²) in [5.74, 6) is -0.370. The van der Waals surface area contributed by atoms with Crippen molar-refractivity contribution in [1.29, 1.82) is 0 Å². The van der Waals surface area contributed by atoms with Crippen LogP contribution in [0.1, 0.15) is 48.9 Å². The Morgan fingerprint density at radius 1 is 1.05 bits per heavy atom. The van der Waals surface area contributed by atoms with Crippen molar-refractivity contribution in [2.24, 2.45) is 0 Å². The molecule has 0 amide bonds. The van der Waals surface area contributed by atoms with Crippen LogP contribution < -0.4 is 10.2 Å². The van der Waals surface area contributed by atoms with Crippen LogP contribution in [0, 0.1) is 6.92 Å². The predicted molar refractivity (Wildman–Crippen MR) is 167 cm³/mol. The summed E-state index contributed by atoms with van der Waals surface area (Å²) in [5.41, 5.74) is 6.55. The number of fused-ring (bicyclic) bond motifs is 1. The van der Waals surface area contributed by atoms with Gasteiger partial charge in [-0.1, -0.05) is 53.7 Å². The fourth-order valence-corrected chi connectivity index (χ4v) is 6.31. The van der Waals surface area contributed by atoms with Gasteiger partial charge in [-0.3, -0.25) is 0 Å². The van der Waals surface area contributed by atoms with E-state index in [2.05, 4.69) is 27.4 Å². The second kappa shape index (κ2) is 11.4. The molecule has 41 heavy (non-hydrogen) atoms. The Balaban J connectivity index is 1.58. The van der Waals surface area contributed by atoms with Gasteiger partial charge in [0.2, 0.25) is 5.95 Å². The Morgan fingerprint density at radius 2 is 1.73 bits per heavy atom. The lowest BCUT2D eigenvalue weighted by atomic mass is 9.90. The molecule has 7 nitrogen and oxygen atoms in total. The minimum absolute atomic E-state index is 0.0839. The van der Waals surface area contributed by atoms with Crippen molar-refractivity contribution in [3.05, 3.63) is 88.7 Å². The number of anilines is 2. The lowest BCUT2D eigenvalue weighted by Gasteiger charge is -2.28. The first-order valence-corrected chi connectivity index (χ1v) is 14.5. The molecule has 4 aromatic rings. The Bertz CT molecular complexity index is 1580. The van der Waals surface area contributed by atoms with Crippen LogP contribution in [0.15, 0.2) is 71.9 Å². The third-order valence-corrected chi connectivity index (χ3v) is 8.24. The number of hydrogen-bond donors (Lipinski definition) is 2. The van der Waals surface area contributed by atoms with E-state index in [4.69, 9.17) is 16.3 Å². The number of benzene rings is 3. The molecular formula is C32H33ClN4O3S. The molecule has 0 radical (unpaired) electrons. The van der Waals surface area contributed by atoms with Crippen LogP contribution in [0.4, 0.5) is 11.6 Å². The molecule has 0 spiro atoms. The summed E-state index contributed by atoms with van der Waals surface area (Å²) in [6.07, 6.45) is 2.53. The molecule has 2 heterocycles. The highest BCUT2D eigenvalue weighted by Gasteiger charge is 2.35. The van der Waals surface area contributed by atoms with E-state index < -0.39 is 17.7 Å². The van der Waals surface area contributed by atoms with Crippen LogP contribution in [0.25, 0.3) is 22.3 Å². The lowest BCUT2D eigenvalue weighted by Crippen LogP contribution is -2.28. The zero-order valence-corrected chi connectivity index (χ0v) is 25.5. The fraction of sp³-hybridized carbons (Fsp3) is 0.281. The topological polar surface area (TPSA) is 87.6 Å². The van der Waals surface area contributed by atoms with Gasteiger partial charge in [0.25, 0.3) is 0 Å². The first kappa shape index (κ1) is 28.9. The van der Waals surface area contributed by atoms with Crippen LogP contribution in [-0.4, -0.2) is 40.7 Å². The van der Waals surface area contributed by atoms with Gasteiger partial charge in [0, 0.05) is 58.8 Å². The molecule has 1 aliphatic rings. The van der Waals surface area contributed by atoms with E-state index in [0.29, 0.717) is 16.5 Å². The van der Waals surface area contributed by atoms with Crippen molar-refractivity contribution in [3.63, 3.8) is 0 Å². The molecule has 1 aliphatic heterocycles. The summed E-state index contributed by atoms with van der Waals surface area (Å²) in [6, 6.07) is 17.9. The van der Waals surface area contributed by atoms with Crippen LogP contribution in [0.5, 0.6) is 0 Å². The summed E-state index contributed by atoms with van der Waals surface area (Å²) in [5, 5.41) is 14.5. The zero-order chi connectivity index (χ0) is 29.5. The van der Waals surface area contributed by atoms with Crippen molar-refractivity contribution < 1.29 is 14.6 Å². The van der Waals surface area contributed by atoms with E-state index in [-0.39, 0.29) is 5.37 Å². The highest BCUT2D eigenvalue weighted by Crippen LogP contribution is 2.54. The second-order valence-corrected chi connectivity index (χ2v) is 12.8. The van der Waals surface area contributed by atoms with E-state index in [9.17, 15) is 9.90 Å². The number of aryl methyl sites for hydroxylation is 1. The average Bonchev–Trinajstić information content (AvgIpc) is 3.35. The van der Waals surface area contributed by atoms with Gasteiger partial charge < -0.3 is 20.1 Å². The highest BCUT2D eigenvalue weighted by molar-refractivity contribution is 8.00. The van der Waals surface area contributed by atoms with Gasteiger partial charge in [0.05, 0.1) is 5.60 Å². The average molecular weight is 589 g/mol. The zero-order valence-electron chi connectivity index (χ0n) is 23.9. The SMILES string of the molecule is Cc1cc2c(c(-c3ccc(Cl)cc3)c1[C@H](OC(C)(C)C)C(=O)O)SC(c1cccc(-c3cnc(N(C)C)nc3)c1)N2. The highest BCUT2D eigenvalue weighted by atomic mass is 35.5. The maximum absolute atomic E-state index is 12.6. The summed E-state index contributed by atoms with van der Waals surface area (Å²) in [4.78, 5) is 24.4. The standard InChI is InChI=1S/C32H33ClN4O3S/c1-18-14-24-28(26(19-10-12-23(33)13-11-19)25(18)27(30(38)39)40-32(2,3)4)41-29(36-24)21-9-7-8-20(15-21)22-16-34-31(35-17-22)37(5)6/h7-17,27,29,36H,1-6H3,(H,38,39)/t27-,29?/m0/s1. The van der Waals surface area contributed by atoms with Gasteiger partial charge in [-0.15, -0.1) is 0 Å². The number of nitrogens with zero attached hydrogens (tertiary/aromatic N) is 3. The largest absolute Gasteiger partial charge is 0.479 e. The maximum atomic E-state index is 12.6. The first-order chi connectivity index (χ1) is 19.4. The number of aliphatic carboxylic acids is 1. The number of carbonyl (C=O) groups is 1. The normalized spacial score (nSPS) is 15.2. The molecule has 0 saturated carbocycles. The molecule has 5 rings (SSSR count). The van der Waals surface area contributed by atoms with Crippen molar-refractivity contribution in [2.75, 3.05) is 24.3 Å². The van der Waals surface area contributed by atoms with Crippen molar-refractivity contribution in [3.8, 4) is 22.3 Å². The number of hydrogen-bond acceptors (Lipinski definition) is 7. The van der Waals surface area contributed by atoms with E-state index in [1.807, 2.05) is 102 Å². The quantitative estimate of drug-likeness (QED) is 0.224. The van der Waals surface area contributed by atoms with Crippen LogP contribution in [0.3, 0.4) is 0 Å². The minimum Gasteiger partial charge on any atom is -0.479 e. The molecule has 3 aromatic carbocycles. The first-order valence-electron chi connectivity index (χ1n) is 13.3. The molecule has 0 saturated heterocycles. The molecule has 2 atom stereocenters. The van der Waals surface area contributed by atoms with Crippen LogP contribution in [0.2, 0.25) is 5.02 Å². The Morgan fingerprint density at radius 3 is 2.34 bits per heavy atom. The van der Waals surface area contributed by atoms with Gasteiger partial charge >= 0.3 is 5.97 Å². The van der Waals surface area contributed by atoms with Gasteiger partial charge in [-0.2, -0.15) is 0 Å². The van der Waals surface area contributed by atoms with Gasteiger partial charge in [0.1, 0.15) is 5.37 Å². The Hall–Kier alpha value is -3.59. The molecule has 212 valence electrons. The molecule has 1 aromatic heterocycles. The number of halogens is 1. The number of rotatable bonds is 7. The van der Waals surface area contributed by atoms with E-state index in [1.165, 1.54) is 0 Å².